The number of aromatic nitrogens is 1. The number of benzene rings is 2. The number of para-hydroxylation sites is 1. The van der Waals surface area contributed by atoms with Crippen molar-refractivity contribution in [3.63, 3.8) is 0 Å². The molecule has 1 fully saturated rings. The smallest absolute Gasteiger partial charge is 0.326 e. The van der Waals surface area contributed by atoms with E-state index in [2.05, 4.69) is 15.6 Å². The molecule has 1 aliphatic heterocycles. The zero-order valence-electron chi connectivity index (χ0n) is 23.5. The molecule has 10 heteroatoms. The number of likely N-dealkylation sites (tertiary alicyclic amines) is 1. The first-order chi connectivity index (χ1) is 19.7. The van der Waals surface area contributed by atoms with E-state index in [1.54, 1.807) is 6.20 Å². The Labute approximate surface area is 239 Å². The minimum absolute atomic E-state index is 0.0714. The molecule has 2 aromatic carbocycles. The second-order valence-corrected chi connectivity index (χ2v) is 10.8. The Morgan fingerprint density at radius 2 is 1.73 bits per heavy atom. The highest BCUT2D eigenvalue weighted by Crippen LogP contribution is 2.22. The van der Waals surface area contributed by atoms with Crippen LogP contribution in [0.1, 0.15) is 44.2 Å². The summed E-state index contributed by atoms with van der Waals surface area (Å²) in [7, 11) is 0. The molecule has 218 valence electrons. The summed E-state index contributed by atoms with van der Waals surface area (Å²) in [6.45, 7) is 4.16. The number of carboxylic acid groups (broad SMARTS) is 1. The van der Waals surface area contributed by atoms with Crippen LogP contribution in [0.15, 0.2) is 60.8 Å². The van der Waals surface area contributed by atoms with Crippen LogP contribution in [-0.4, -0.2) is 69.4 Å². The normalized spacial score (nSPS) is 17.9. The number of rotatable bonds is 12. The average molecular weight is 562 g/mol. The molecular formula is C31H39N5O5. The number of carbonyl (C=O) groups excluding carboxylic acids is 3. The molecule has 5 atom stereocenters. The van der Waals surface area contributed by atoms with Gasteiger partial charge in [-0.2, -0.15) is 0 Å². The molecule has 2 heterocycles. The van der Waals surface area contributed by atoms with Gasteiger partial charge in [0.25, 0.3) is 0 Å². The van der Waals surface area contributed by atoms with Gasteiger partial charge in [-0.25, -0.2) is 4.79 Å². The minimum atomic E-state index is -1.17. The van der Waals surface area contributed by atoms with Gasteiger partial charge in [-0.05, 0) is 36.0 Å². The maximum atomic E-state index is 13.9. The Balaban J connectivity index is 1.50. The highest BCUT2D eigenvalue weighted by molar-refractivity contribution is 5.95. The second-order valence-electron chi connectivity index (χ2n) is 10.8. The number of fused-ring (bicyclic) bond motifs is 1. The van der Waals surface area contributed by atoms with Crippen LogP contribution in [0.3, 0.4) is 0 Å². The number of hydrogen-bond donors (Lipinski definition) is 5. The predicted molar refractivity (Wildman–Crippen MR) is 156 cm³/mol. The van der Waals surface area contributed by atoms with Gasteiger partial charge in [-0.1, -0.05) is 68.8 Å². The summed E-state index contributed by atoms with van der Waals surface area (Å²) >= 11 is 0. The topological polar surface area (TPSA) is 158 Å². The Morgan fingerprint density at radius 1 is 1.02 bits per heavy atom. The van der Waals surface area contributed by atoms with Crippen LogP contribution in [0, 0.1) is 5.92 Å². The van der Waals surface area contributed by atoms with Crippen molar-refractivity contribution in [2.75, 3.05) is 6.54 Å². The van der Waals surface area contributed by atoms with Crippen molar-refractivity contribution in [3.05, 3.63) is 71.9 Å². The number of amides is 3. The van der Waals surface area contributed by atoms with Crippen LogP contribution in [0.4, 0.5) is 0 Å². The molecule has 41 heavy (non-hydrogen) atoms. The fourth-order valence-corrected chi connectivity index (χ4v) is 5.32. The summed E-state index contributed by atoms with van der Waals surface area (Å²) < 4.78 is 0. The van der Waals surface area contributed by atoms with E-state index in [1.165, 1.54) is 4.90 Å². The molecule has 4 rings (SSSR count). The average Bonchev–Trinajstić information content (AvgIpc) is 3.63. The third-order valence-corrected chi connectivity index (χ3v) is 8.01. The molecule has 6 N–H and O–H groups in total. The monoisotopic (exact) mass is 561 g/mol. The standard InChI is InChI=1S/C31H39N5O5/c1-3-19(2)27(32)29(38)34-24(16-20-10-5-4-6-11-20)30(39)36-15-9-14-26(36)28(37)35-25(31(40)41)17-21-18-33-23-13-8-7-12-22(21)23/h4-8,10-13,18-19,24-27,33H,3,9,14-17,32H2,1-2H3,(H,34,38)(H,35,37)(H,40,41). The first kappa shape index (κ1) is 29.8. The number of nitrogens with two attached hydrogens (primary N) is 1. The zero-order chi connectivity index (χ0) is 29.5. The van der Waals surface area contributed by atoms with E-state index in [0.717, 1.165) is 22.0 Å². The van der Waals surface area contributed by atoms with Gasteiger partial charge in [-0.3, -0.25) is 14.4 Å². The molecule has 10 nitrogen and oxygen atoms in total. The summed E-state index contributed by atoms with van der Waals surface area (Å²) in [5, 5.41) is 16.3. The minimum Gasteiger partial charge on any atom is -0.480 e. The van der Waals surface area contributed by atoms with Gasteiger partial charge in [0, 0.05) is 36.5 Å². The van der Waals surface area contributed by atoms with E-state index in [-0.39, 0.29) is 24.7 Å². The molecule has 0 bridgehead atoms. The first-order valence-corrected chi connectivity index (χ1v) is 14.2. The van der Waals surface area contributed by atoms with Gasteiger partial charge in [0.2, 0.25) is 17.7 Å². The highest BCUT2D eigenvalue weighted by atomic mass is 16.4. The molecule has 5 unspecified atom stereocenters. The SMILES string of the molecule is CCC(C)C(N)C(=O)NC(Cc1ccccc1)C(=O)N1CCCC1C(=O)NC(Cc1c[nH]c2ccccc12)C(=O)O. The van der Waals surface area contributed by atoms with Gasteiger partial charge in [0.1, 0.15) is 18.1 Å². The fourth-order valence-electron chi connectivity index (χ4n) is 5.32. The summed E-state index contributed by atoms with van der Waals surface area (Å²) in [4.78, 5) is 57.0. The van der Waals surface area contributed by atoms with E-state index in [1.807, 2.05) is 68.4 Å². The largest absolute Gasteiger partial charge is 0.480 e. The Hall–Kier alpha value is -4.18. The summed E-state index contributed by atoms with van der Waals surface area (Å²) in [5.41, 5.74) is 8.66. The lowest BCUT2D eigenvalue weighted by atomic mass is 9.98. The third-order valence-electron chi connectivity index (χ3n) is 8.01. The van der Waals surface area contributed by atoms with Crippen molar-refractivity contribution in [2.45, 2.75) is 70.1 Å². The lowest BCUT2D eigenvalue weighted by Crippen LogP contribution is -2.58. The number of carbonyl (C=O) groups is 4. The fraction of sp³-hybridized carbons (Fsp3) is 0.419. The van der Waals surface area contributed by atoms with E-state index < -0.39 is 42.0 Å². The number of hydrogen-bond acceptors (Lipinski definition) is 5. The third kappa shape index (κ3) is 7.13. The van der Waals surface area contributed by atoms with Gasteiger partial charge in [0.15, 0.2) is 0 Å². The van der Waals surface area contributed by atoms with Gasteiger partial charge in [0.05, 0.1) is 6.04 Å². The molecule has 1 aliphatic rings. The van der Waals surface area contributed by atoms with Crippen molar-refractivity contribution < 1.29 is 24.3 Å². The van der Waals surface area contributed by atoms with Crippen LogP contribution in [0.5, 0.6) is 0 Å². The number of aliphatic carboxylic acids is 1. The molecule has 0 aliphatic carbocycles. The number of nitrogens with one attached hydrogen (secondary N) is 3. The molecule has 0 radical (unpaired) electrons. The van der Waals surface area contributed by atoms with E-state index in [9.17, 15) is 24.3 Å². The van der Waals surface area contributed by atoms with Crippen LogP contribution in [0.2, 0.25) is 0 Å². The van der Waals surface area contributed by atoms with Crippen molar-refractivity contribution in [3.8, 4) is 0 Å². The van der Waals surface area contributed by atoms with Gasteiger partial charge in [-0.15, -0.1) is 0 Å². The summed E-state index contributed by atoms with van der Waals surface area (Å²) in [6.07, 6.45) is 3.77. The van der Waals surface area contributed by atoms with Crippen molar-refractivity contribution in [1.82, 2.24) is 20.5 Å². The quantitative estimate of drug-likeness (QED) is 0.228. The first-order valence-electron chi connectivity index (χ1n) is 14.2. The van der Waals surface area contributed by atoms with Crippen molar-refractivity contribution in [1.29, 1.82) is 0 Å². The van der Waals surface area contributed by atoms with Crippen LogP contribution in [0.25, 0.3) is 10.9 Å². The van der Waals surface area contributed by atoms with Crippen molar-refractivity contribution >= 4 is 34.6 Å². The molecule has 0 saturated carbocycles. The zero-order valence-corrected chi connectivity index (χ0v) is 23.5. The molecule has 0 spiro atoms. The Bertz CT molecular complexity index is 1370. The van der Waals surface area contributed by atoms with Gasteiger partial charge < -0.3 is 31.4 Å². The highest BCUT2D eigenvalue weighted by Gasteiger charge is 2.39. The summed E-state index contributed by atoms with van der Waals surface area (Å²) in [5.74, 6) is -2.56. The predicted octanol–water partition coefficient (Wildman–Crippen LogP) is 2.37. The number of carboxylic acids is 1. The van der Waals surface area contributed by atoms with E-state index in [0.29, 0.717) is 25.8 Å². The number of H-pyrrole nitrogens is 1. The Kier molecular flexibility index (Phi) is 9.78. The molecule has 1 aromatic heterocycles. The van der Waals surface area contributed by atoms with Gasteiger partial charge >= 0.3 is 5.97 Å². The van der Waals surface area contributed by atoms with Crippen LogP contribution >= 0.6 is 0 Å². The molecule has 3 aromatic rings. The lowest BCUT2D eigenvalue weighted by Gasteiger charge is -2.30. The van der Waals surface area contributed by atoms with E-state index in [4.69, 9.17) is 5.73 Å². The number of nitrogens with zero attached hydrogens (tertiary/aromatic N) is 1. The number of aromatic amines is 1. The second kappa shape index (κ2) is 13.5. The summed E-state index contributed by atoms with van der Waals surface area (Å²) in [6, 6.07) is 13.2. The van der Waals surface area contributed by atoms with E-state index >= 15 is 0 Å². The van der Waals surface area contributed by atoms with Crippen LogP contribution < -0.4 is 16.4 Å². The van der Waals surface area contributed by atoms with Crippen LogP contribution in [-0.2, 0) is 32.0 Å². The lowest BCUT2D eigenvalue weighted by molar-refractivity contribution is -0.145. The maximum Gasteiger partial charge on any atom is 0.326 e. The molecule has 3 amide bonds. The molecule has 1 saturated heterocycles. The van der Waals surface area contributed by atoms with Crippen molar-refractivity contribution in [2.24, 2.45) is 11.7 Å². The molecular weight excluding hydrogens is 522 g/mol. The Morgan fingerprint density at radius 3 is 2.44 bits per heavy atom. The maximum absolute atomic E-state index is 13.9.